The van der Waals surface area contributed by atoms with Crippen LogP contribution in [0.15, 0.2) is 24.3 Å². The van der Waals surface area contributed by atoms with Gasteiger partial charge in [0.1, 0.15) is 5.75 Å². The van der Waals surface area contributed by atoms with E-state index < -0.39 is 6.36 Å². The van der Waals surface area contributed by atoms with Gasteiger partial charge >= 0.3 is 6.36 Å². The molecule has 2 N–H and O–H groups in total. The molecule has 8 heteroatoms. The van der Waals surface area contributed by atoms with E-state index in [1.807, 2.05) is 0 Å². The minimum absolute atomic E-state index is 0. The zero-order chi connectivity index (χ0) is 15.2. The number of alkyl halides is 3. The second kappa shape index (κ2) is 8.74. The normalized spacial score (nSPS) is 12.2. The number of rotatable bonds is 6. The van der Waals surface area contributed by atoms with Crippen LogP contribution in [0.4, 0.5) is 13.2 Å². The van der Waals surface area contributed by atoms with Gasteiger partial charge in [0.25, 0.3) is 0 Å². The zero-order valence-electron chi connectivity index (χ0n) is 11.7. The molecular weight excluding hydrogens is 309 g/mol. The van der Waals surface area contributed by atoms with Gasteiger partial charge in [0, 0.05) is 24.6 Å². The molecule has 0 radical (unpaired) electrons. The number of benzene rings is 1. The predicted molar refractivity (Wildman–Crippen MR) is 75.3 cm³/mol. The monoisotopic (exact) mass is 326 g/mol. The number of halogens is 4. The summed E-state index contributed by atoms with van der Waals surface area (Å²) in [5, 5.41) is 5.44. The summed E-state index contributed by atoms with van der Waals surface area (Å²) >= 11 is 0. The van der Waals surface area contributed by atoms with E-state index >= 15 is 0 Å². The van der Waals surface area contributed by atoms with Crippen molar-refractivity contribution in [2.24, 2.45) is 5.92 Å². The minimum Gasteiger partial charge on any atom is -0.405 e. The number of ether oxygens (including phenoxy) is 1. The Morgan fingerprint density at radius 2 is 1.95 bits per heavy atom. The second-order valence-electron chi connectivity index (χ2n) is 4.33. The molecule has 0 aliphatic carbocycles. The van der Waals surface area contributed by atoms with Crippen molar-refractivity contribution < 1.29 is 22.7 Å². The first kappa shape index (κ1) is 19.5. The molecule has 0 saturated carbocycles. The fraction of sp³-hybridized carbons (Fsp3) is 0.462. The predicted octanol–water partition coefficient (Wildman–Crippen LogP) is 2.48. The van der Waals surface area contributed by atoms with Crippen LogP contribution in [0, 0.1) is 5.92 Å². The zero-order valence-corrected chi connectivity index (χ0v) is 12.5. The van der Waals surface area contributed by atoms with Gasteiger partial charge in [0.05, 0.1) is 0 Å². The topological polar surface area (TPSA) is 50.4 Å². The quantitative estimate of drug-likeness (QED) is 0.844. The molecule has 21 heavy (non-hydrogen) atoms. The van der Waals surface area contributed by atoms with E-state index in [0.29, 0.717) is 6.54 Å². The third kappa shape index (κ3) is 7.19. The summed E-state index contributed by atoms with van der Waals surface area (Å²) in [6.07, 6.45) is -4.75. The number of hydrogen-bond acceptors (Lipinski definition) is 3. The fourth-order valence-electron chi connectivity index (χ4n) is 1.63. The highest BCUT2D eigenvalue weighted by atomic mass is 35.5. The Bertz CT molecular complexity index is 455. The Kier molecular flexibility index (Phi) is 8.12. The Balaban J connectivity index is 0.00000400. The third-order valence-electron chi connectivity index (χ3n) is 2.61. The van der Waals surface area contributed by atoms with Gasteiger partial charge < -0.3 is 15.4 Å². The summed E-state index contributed by atoms with van der Waals surface area (Å²) in [7, 11) is 1.72. The number of nitrogens with one attached hydrogen (secondary N) is 2. The Morgan fingerprint density at radius 3 is 2.52 bits per heavy atom. The van der Waals surface area contributed by atoms with Crippen molar-refractivity contribution in [3.05, 3.63) is 29.8 Å². The largest absolute Gasteiger partial charge is 0.573 e. The molecule has 0 spiro atoms. The van der Waals surface area contributed by atoms with E-state index in [1.54, 1.807) is 20.0 Å². The van der Waals surface area contributed by atoms with Crippen LogP contribution < -0.4 is 15.4 Å². The summed E-state index contributed by atoms with van der Waals surface area (Å²) in [5.74, 6) is -0.807. The number of carbonyl (C=O) groups is 1. The van der Waals surface area contributed by atoms with Gasteiger partial charge in [0.2, 0.25) is 5.91 Å². The summed E-state index contributed by atoms with van der Waals surface area (Å²) in [5.41, 5.74) is 0.273. The average Bonchev–Trinajstić information content (AvgIpc) is 2.35. The van der Waals surface area contributed by atoms with Gasteiger partial charge in [-0.05, 0) is 13.1 Å². The van der Waals surface area contributed by atoms with Crippen LogP contribution >= 0.6 is 12.4 Å². The summed E-state index contributed by atoms with van der Waals surface area (Å²) in [6, 6.07) is 5.72. The molecule has 1 aromatic rings. The molecule has 4 nitrogen and oxygen atoms in total. The van der Waals surface area contributed by atoms with Crippen molar-refractivity contribution in [1.29, 1.82) is 0 Å². The van der Waals surface area contributed by atoms with Gasteiger partial charge in [-0.3, -0.25) is 4.79 Å². The van der Waals surface area contributed by atoms with Crippen LogP contribution in [0.2, 0.25) is 0 Å². The highest BCUT2D eigenvalue weighted by Crippen LogP contribution is 2.26. The summed E-state index contributed by atoms with van der Waals surface area (Å²) in [4.78, 5) is 11.7. The molecule has 0 saturated heterocycles. The lowest BCUT2D eigenvalue weighted by Gasteiger charge is -2.15. The van der Waals surface area contributed by atoms with Crippen molar-refractivity contribution in [2.45, 2.75) is 19.8 Å². The van der Waals surface area contributed by atoms with Gasteiger partial charge in [0.15, 0.2) is 0 Å². The van der Waals surface area contributed by atoms with Gasteiger partial charge in [-0.15, -0.1) is 25.6 Å². The first-order chi connectivity index (χ1) is 9.33. The third-order valence-corrected chi connectivity index (χ3v) is 2.61. The van der Waals surface area contributed by atoms with E-state index in [2.05, 4.69) is 15.4 Å². The smallest absolute Gasteiger partial charge is 0.405 e. The molecule has 0 aliphatic heterocycles. The highest BCUT2D eigenvalue weighted by molar-refractivity contribution is 5.85. The molecule has 0 aromatic heterocycles. The van der Waals surface area contributed by atoms with E-state index in [9.17, 15) is 18.0 Å². The lowest BCUT2D eigenvalue weighted by atomic mass is 10.1. The molecule has 1 amide bonds. The lowest BCUT2D eigenvalue weighted by Crippen LogP contribution is -2.34. The van der Waals surface area contributed by atoms with Crippen LogP contribution in [0.1, 0.15) is 12.5 Å². The first-order valence-electron chi connectivity index (χ1n) is 6.09. The maximum absolute atomic E-state index is 12.2. The van der Waals surface area contributed by atoms with E-state index in [4.69, 9.17) is 0 Å². The van der Waals surface area contributed by atoms with Gasteiger partial charge in [-0.2, -0.15) is 0 Å². The minimum atomic E-state index is -4.75. The molecule has 1 rings (SSSR count). The second-order valence-corrected chi connectivity index (χ2v) is 4.33. The van der Waals surface area contributed by atoms with Crippen LogP contribution in [-0.4, -0.2) is 25.9 Å². The SMILES string of the molecule is CNCC(C)C(=O)NCc1ccccc1OC(F)(F)F.Cl. The Hall–Kier alpha value is -1.47. The number of para-hydroxylation sites is 1. The van der Waals surface area contributed by atoms with Gasteiger partial charge in [-0.1, -0.05) is 25.1 Å². The molecule has 0 aliphatic rings. The maximum atomic E-state index is 12.2. The molecule has 120 valence electrons. The molecule has 0 fully saturated rings. The van der Waals surface area contributed by atoms with E-state index in [0.717, 1.165) is 0 Å². The van der Waals surface area contributed by atoms with E-state index in [-0.39, 0.29) is 42.1 Å². The van der Waals surface area contributed by atoms with Gasteiger partial charge in [-0.25, -0.2) is 0 Å². The molecule has 0 bridgehead atoms. The van der Waals surface area contributed by atoms with E-state index in [1.165, 1.54) is 18.2 Å². The van der Waals surface area contributed by atoms with Crippen LogP contribution in [0.25, 0.3) is 0 Å². The summed E-state index contributed by atoms with van der Waals surface area (Å²) < 4.78 is 40.6. The van der Waals surface area contributed by atoms with Crippen molar-refractivity contribution >= 4 is 18.3 Å². The van der Waals surface area contributed by atoms with Crippen molar-refractivity contribution in [3.8, 4) is 5.75 Å². The van der Waals surface area contributed by atoms with Crippen molar-refractivity contribution in [1.82, 2.24) is 10.6 Å². The molecule has 0 heterocycles. The highest BCUT2D eigenvalue weighted by Gasteiger charge is 2.32. The molecule has 1 unspecified atom stereocenters. The fourth-order valence-corrected chi connectivity index (χ4v) is 1.63. The first-order valence-corrected chi connectivity index (χ1v) is 6.09. The van der Waals surface area contributed by atoms with Crippen molar-refractivity contribution in [2.75, 3.05) is 13.6 Å². The molecule has 1 aromatic carbocycles. The lowest BCUT2D eigenvalue weighted by molar-refractivity contribution is -0.274. The van der Waals surface area contributed by atoms with Crippen LogP contribution in [0.5, 0.6) is 5.75 Å². The Morgan fingerprint density at radius 1 is 1.33 bits per heavy atom. The standard InChI is InChI=1S/C13H17F3N2O2.ClH/c1-9(7-17-2)12(19)18-8-10-5-3-4-6-11(10)20-13(14,15)16;/h3-6,9,17H,7-8H2,1-2H3,(H,18,19);1H. The van der Waals surface area contributed by atoms with Crippen LogP contribution in [0.3, 0.4) is 0 Å². The average molecular weight is 327 g/mol. The maximum Gasteiger partial charge on any atom is 0.573 e. The van der Waals surface area contributed by atoms with Crippen LogP contribution in [-0.2, 0) is 11.3 Å². The van der Waals surface area contributed by atoms with Crippen molar-refractivity contribution in [3.63, 3.8) is 0 Å². The Labute approximate surface area is 127 Å². The summed E-state index contributed by atoms with van der Waals surface area (Å²) in [6.45, 7) is 2.20. The molecule has 1 atom stereocenters. The number of amides is 1. The number of hydrogen-bond donors (Lipinski definition) is 2. The number of carbonyl (C=O) groups excluding carboxylic acids is 1. The molecular formula is C13H18ClF3N2O2.